The van der Waals surface area contributed by atoms with Crippen LogP contribution in [0.25, 0.3) is 0 Å². The largest absolute Gasteiger partial charge is 0.457 e. The molecule has 0 bridgehead atoms. The van der Waals surface area contributed by atoms with Crippen molar-refractivity contribution in [2.45, 2.75) is 71.1 Å². The Hall–Kier alpha value is -2.38. The molecule has 2 aromatic rings. The molecule has 0 unspecified atom stereocenters. The van der Waals surface area contributed by atoms with Crippen LogP contribution in [0.4, 0.5) is 37.7 Å². The fourth-order valence-corrected chi connectivity index (χ4v) is 4.20. The third kappa shape index (κ3) is 3.74. The molecule has 0 aliphatic rings. The van der Waals surface area contributed by atoms with E-state index >= 15 is 4.39 Å². The van der Waals surface area contributed by atoms with Gasteiger partial charge >= 0.3 is 12.1 Å². The average molecular weight is 446 g/mol. The van der Waals surface area contributed by atoms with E-state index in [4.69, 9.17) is 11.5 Å². The van der Waals surface area contributed by atoms with E-state index in [-0.39, 0.29) is 12.8 Å². The van der Waals surface area contributed by atoms with Gasteiger partial charge in [-0.3, -0.25) is 0 Å². The van der Waals surface area contributed by atoms with Crippen molar-refractivity contribution in [1.82, 2.24) is 0 Å². The van der Waals surface area contributed by atoms with Gasteiger partial charge in [0.1, 0.15) is 0 Å². The summed E-state index contributed by atoms with van der Waals surface area (Å²) in [6.45, 7) is 6.93. The van der Waals surface area contributed by atoms with Gasteiger partial charge in [0.05, 0.1) is 0 Å². The van der Waals surface area contributed by atoms with Gasteiger partial charge < -0.3 is 11.5 Å². The lowest BCUT2D eigenvalue weighted by Gasteiger charge is -2.37. The van der Waals surface area contributed by atoms with Crippen LogP contribution in [0.3, 0.4) is 0 Å². The summed E-state index contributed by atoms with van der Waals surface area (Å²) >= 11 is 0. The molecule has 0 fully saturated rings. The Morgan fingerprint density at radius 1 is 0.613 bits per heavy atom. The number of nitrogen functional groups attached to an aromatic ring is 2. The lowest BCUT2D eigenvalue weighted by atomic mass is 9.77. The molecule has 0 atom stereocenters. The average Bonchev–Trinajstić information content (AvgIpc) is 2.71. The zero-order valence-corrected chi connectivity index (χ0v) is 18.1. The van der Waals surface area contributed by atoms with E-state index in [0.717, 1.165) is 12.1 Å². The second-order valence-corrected chi connectivity index (χ2v) is 7.47. The van der Waals surface area contributed by atoms with Crippen molar-refractivity contribution >= 4 is 11.4 Å². The highest BCUT2D eigenvalue weighted by molar-refractivity contribution is 5.68. The first-order valence-corrected chi connectivity index (χ1v) is 10.3. The van der Waals surface area contributed by atoms with Crippen molar-refractivity contribution in [3.8, 4) is 0 Å². The zero-order chi connectivity index (χ0) is 23.8. The van der Waals surface area contributed by atoms with Gasteiger partial charge in [0, 0.05) is 22.5 Å². The normalized spacial score (nSPS) is 13.0. The molecule has 0 aromatic heterocycles. The maximum atomic E-state index is 16.5. The van der Waals surface area contributed by atoms with Crippen molar-refractivity contribution in [2.75, 3.05) is 11.5 Å². The Morgan fingerprint density at radius 2 is 0.968 bits per heavy atom. The molecule has 4 N–H and O–H groups in total. The predicted octanol–water partition coefficient (Wildman–Crippen LogP) is 6.51. The first-order valence-electron chi connectivity index (χ1n) is 10.3. The van der Waals surface area contributed by atoms with E-state index in [2.05, 4.69) is 0 Å². The Morgan fingerprint density at radius 3 is 1.23 bits per heavy atom. The van der Waals surface area contributed by atoms with Gasteiger partial charge in [-0.15, -0.1) is 0 Å². The summed E-state index contributed by atoms with van der Waals surface area (Å²) in [5.74, 6) is -5.78. The standard InChI is InChI=1S/C23H28F6N2/c1-5-13-9-11-17(19(30)15(13)7-3)21(24,22(25,26)23(27,28)29)18-12-10-14(6-2)16(8-4)20(18)31/h9-12H,5-8,30-31H2,1-4H3. The molecule has 2 nitrogen and oxygen atoms in total. The second kappa shape index (κ2) is 8.63. The van der Waals surface area contributed by atoms with Crippen LogP contribution >= 0.6 is 0 Å². The molecule has 0 amide bonds. The van der Waals surface area contributed by atoms with Crippen LogP contribution in [0.5, 0.6) is 0 Å². The number of nitrogens with two attached hydrogens (primary N) is 2. The Kier molecular flexibility index (Phi) is 6.93. The Labute approximate surface area is 178 Å². The van der Waals surface area contributed by atoms with Gasteiger partial charge in [0.2, 0.25) is 5.67 Å². The van der Waals surface area contributed by atoms with E-state index in [9.17, 15) is 22.0 Å². The molecular formula is C23H28F6N2. The molecule has 31 heavy (non-hydrogen) atoms. The maximum absolute atomic E-state index is 16.5. The Bertz CT molecular complexity index is 889. The number of benzene rings is 2. The summed E-state index contributed by atoms with van der Waals surface area (Å²) in [6.07, 6.45) is -4.74. The molecule has 0 spiro atoms. The SMILES string of the molecule is CCc1ccc(C(F)(c2ccc(CC)c(CC)c2N)C(F)(F)C(F)(F)F)c(N)c1CC. The third-order valence-corrected chi connectivity index (χ3v) is 5.91. The van der Waals surface area contributed by atoms with E-state index in [0.29, 0.717) is 35.1 Å². The summed E-state index contributed by atoms with van der Waals surface area (Å²) in [7, 11) is 0. The summed E-state index contributed by atoms with van der Waals surface area (Å²) in [5, 5.41) is 0. The van der Waals surface area contributed by atoms with Crippen LogP contribution in [0.15, 0.2) is 24.3 Å². The maximum Gasteiger partial charge on any atom is 0.457 e. The van der Waals surface area contributed by atoms with E-state index in [1.807, 2.05) is 0 Å². The lowest BCUT2D eigenvalue weighted by Crippen LogP contribution is -2.53. The summed E-state index contributed by atoms with van der Waals surface area (Å²) in [6, 6.07) is 4.54. The van der Waals surface area contributed by atoms with Crippen LogP contribution in [0.2, 0.25) is 0 Å². The van der Waals surface area contributed by atoms with Crippen molar-refractivity contribution in [3.05, 3.63) is 57.6 Å². The predicted molar refractivity (Wildman–Crippen MR) is 112 cm³/mol. The molecule has 0 saturated heterocycles. The highest BCUT2D eigenvalue weighted by atomic mass is 19.4. The molecule has 8 heteroatoms. The first-order chi connectivity index (χ1) is 14.3. The number of hydrogen-bond acceptors (Lipinski definition) is 2. The van der Waals surface area contributed by atoms with Crippen LogP contribution in [-0.4, -0.2) is 12.1 Å². The molecule has 0 saturated carbocycles. The molecule has 2 rings (SSSR count). The number of halogens is 6. The molecule has 0 aliphatic heterocycles. The number of hydrogen-bond donors (Lipinski definition) is 2. The highest BCUT2D eigenvalue weighted by Gasteiger charge is 2.73. The van der Waals surface area contributed by atoms with E-state index < -0.39 is 40.3 Å². The highest BCUT2D eigenvalue weighted by Crippen LogP contribution is 2.57. The fourth-order valence-electron chi connectivity index (χ4n) is 4.20. The van der Waals surface area contributed by atoms with Crippen LogP contribution in [0, 0.1) is 0 Å². The molecule has 0 radical (unpaired) electrons. The number of aryl methyl sites for hydroxylation is 2. The van der Waals surface area contributed by atoms with Gasteiger partial charge in [-0.25, -0.2) is 4.39 Å². The van der Waals surface area contributed by atoms with Gasteiger partial charge in [-0.2, -0.15) is 22.0 Å². The van der Waals surface area contributed by atoms with E-state index in [1.165, 1.54) is 12.1 Å². The minimum absolute atomic E-state index is 0.251. The lowest BCUT2D eigenvalue weighted by molar-refractivity contribution is -0.322. The van der Waals surface area contributed by atoms with Gasteiger partial charge in [-0.05, 0) is 47.9 Å². The third-order valence-electron chi connectivity index (χ3n) is 5.91. The van der Waals surface area contributed by atoms with Gasteiger partial charge in [-0.1, -0.05) is 52.0 Å². The van der Waals surface area contributed by atoms with Crippen LogP contribution in [-0.2, 0) is 31.4 Å². The number of anilines is 2. The fraction of sp³-hybridized carbons (Fsp3) is 0.478. The van der Waals surface area contributed by atoms with Crippen LogP contribution < -0.4 is 11.5 Å². The molecule has 0 heterocycles. The molecular weight excluding hydrogens is 418 g/mol. The van der Waals surface area contributed by atoms with Gasteiger partial charge in [0.25, 0.3) is 0 Å². The van der Waals surface area contributed by atoms with Crippen LogP contribution in [0.1, 0.15) is 61.1 Å². The monoisotopic (exact) mass is 446 g/mol. The number of alkyl halides is 6. The molecule has 2 aromatic carbocycles. The van der Waals surface area contributed by atoms with Crippen molar-refractivity contribution in [1.29, 1.82) is 0 Å². The summed E-state index contributed by atoms with van der Waals surface area (Å²) in [5.41, 5.74) is 7.08. The summed E-state index contributed by atoms with van der Waals surface area (Å²) < 4.78 is 87.0. The van der Waals surface area contributed by atoms with Gasteiger partial charge in [0.15, 0.2) is 0 Å². The second-order valence-electron chi connectivity index (χ2n) is 7.47. The van der Waals surface area contributed by atoms with Crippen molar-refractivity contribution in [2.24, 2.45) is 0 Å². The minimum atomic E-state index is -6.17. The zero-order valence-electron chi connectivity index (χ0n) is 18.1. The molecule has 172 valence electrons. The van der Waals surface area contributed by atoms with Crippen molar-refractivity contribution < 1.29 is 26.3 Å². The Balaban J connectivity index is 3.03. The van der Waals surface area contributed by atoms with Crippen molar-refractivity contribution in [3.63, 3.8) is 0 Å². The quantitative estimate of drug-likeness (QED) is 0.376. The first kappa shape index (κ1) is 24.9. The number of rotatable bonds is 7. The minimum Gasteiger partial charge on any atom is -0.398 e. The molecule has 0 aliphatic carbocycles. The summed E-state index contributed by atoms with van der Waals surface area (Å²) in [4.78, 5) is 0. The van der Waals surface area contributed by atoms with E-state index in [1.54, 1.807) is 27.7 Å². The smallest absolute Gasteiger partial charge is 0.398 e. The topological polar surface area (TPSA) is 52.0 Å².